The molecule has 10 heteroatoms. The second kappa shape index (κ2) is 10.4. The zero-order valence-electron chi connectivity index (χ0n) is 19.8. The van der Waals surface area contributed by atoms with Crippen molar-refractivity contribution in [3.8, 4) is 0 Å². The van der Waals surface area contributed by atoms with Crippen LogP contribution in [-0.4, -0.2) is 24.7 Å². The van der Waals surface area contributed by atoms with E-state index in [0.717, 1.165) is 39.7 Å². The molecule has 2 heterocycles. The normalized spacial score (nSPS) is 11.1. The van der Waals surface area contributed by atoms with Gasteiger partial charge in [-0.1, -0.05) is 47.5 Å². The summed E-state index contributed by atoms with van der Waals surface area (Å²) in [6.07, 6.45) is 0. The lowest BCUT2D eigenvalue weighted by molar-refractivity contribution is 0.579. The Hall–Kier alpha value is -2.94. The number of aromatic nitrogens is 4. The number of benzene rings is 2. The van der Waals surface area contributed by atoms with E-state index in [0.29, 0.717) is 33.8 Å². The van der Waals surface area contributed by atoms with Crippen LogP contribution in [0.5, 0.6) is 0 Å². The highest BCUT2D eigenvalue weighted by atomic mass is 35.5. The monoisotopic (exact) mass is 530 g/mol. The maximum Gasteiger partial charge on any atom is 0.175 e. The molecule has 2 aromatic heterocycles. The van der Waals surface area contributed by atoms with Crippen molar-refractivity contribution in [3.05, 3.63) is 92.2 Å². The summed E-state index contributed by atoms with van der Waals surface area (Å²) in [6.45, 7) is 8.60. The Bertz CT molecular complexity index is 1410. The summed E-state index contributed by atoms with van der Waals surface area (Å²) >= 11 is 17.8. The fraction of sp³-hybridized carbons (Fsp3) is 0.240. The molecular weight excluding hydrogens is 506 g/mol. The predicted octanol–water partition coefficient (Wildman–Crippen LogP) is 6.66. The van der Waals surface area contributed by atoms with Crippen molar-refractivity contribution in [2.24, 2.45) is 0 Å². The van der Waals surface area contributed by atoms with Crippen LogP contribution in [0, 0.1) is 33.5 Å². The summed E-state index contributed by atoms with van der Waals surface area (Å²) in [5.41, 5.74) is 6.56. The number of nitrogens with zero attached hydrogens (tertiary/aromatic N) is 4. The third kappa shape index (κ3) is 5.50. The molecule has 0 aliphatic rings. The minimum atomic E-state index is -0.254. The summed E-state index contributed by atoms with van der Waals surface area (Å²) in [4.78, 5) is 0. The molecular formula is C25H25Cl2FN6S. The molecule has 0 saturated carbocycles. The Kier molecular flexibility index (Phi) is 7.44. The van der Waals surface area contributed by atoms with Gasteiger partial charge in [-0.2, -0.15) is 10.2 Å². The van der Waals surface area contributed by atoms with Gasteiger partial charge in [-0.15, -0.1) is 0 Å². The highest BCUT2D eigenvalue weighted by Crippen LogP contribution is 2.26. The molecule has 0 radical (unpaired) electrons. The number of aryl methyl sites for hydroxylation is 2. The topological polar surface area (TPSA) is 59.7 Å². The molecule has 35 heavy (non-hydrogen) atoms. The van der Waals surface area contributed by atoms with Crippen molar-refractivity contribution in [3.63, 3.8) is 0 Å². The molecule has 0 spiro atoms. The second-order valence-corrected chi connectivity index (χ2v) is 9.55. The molecule has 0 saturated heterocycles. The second-order valence-electron chi connectivity index (χ2n) is 8.33. The van der Waals surface area contributed by atoms with Crippen LogP contribution in [0.1, 0.15) is 33.9 Å². The number of hydrogen-bond acceptors (Lipinski definition) is 3. The fourth-order valence-electron chi connectivity index (χ4n) is 3.92. The first-order chi connectivity index (χ1) is 16.6. The van der Waals surface area contributed by atoms with E-state index >= 15 is 0 Å². The van der Waals surface area contributed by atoms with Gasteiger partial charge in [0, 0.05) is 5.56 Å². The standard InChI is InChI=1S/C25H25Cl2FN6S/c1-14-23(16(3)33(31-14)12-18-9-10-20(26)21(27)11-18)29-25(35)30-24-15(2)32-34(17(24)4)13-19-7-5-6-8-22(19)28/h5-11H,12-13H2,1-4H3,(H2,29,30,35). The molecule has 0 bridgehead atoms. The third-order valence-electron chi connectivity index (χ3n) is 5.83. The average molecular weight is 531 g/mol. The highest BCUT2D eigenvalue weighted by Gasteiger charge is 2.17. The van der Waals surface area contributed by atoms with Crippen LogP contribution in [0.15, 0.2) is 42.5 Å². The minimum absolute atomic E-state index is 0.254. The van der Waals surface area contributed by atoms with Crippen molar-refractivity contribution >= 4 is 51.9 Å². The van der Waals surface area contributed by atoms with E-state index < -0.39 is 0 Å². The molecule has 6 nitrogen and oxygen atoms in total. The van der Waals surface area contributed by atoms with Crippen LogP contribution in [0.4, 0.5) is 15.8 Å². The number of halogens is 3. The SMILES string of the molecule is Cc1nn(Cc2ccc(Cl)c(Cl)c2)c(C)c1NC(=S)Nc1c(C)nn(Cc2ccccc2F)c1C. The van der Waals surface area contributed by atoms with E-state index in [1.807, 2.05) is 50.6 Å². The van der Waals surface area contributed by atoms with E-state index in [2.05, 4.69) is 20.8 Å². The van der Waals surface area contributed by atoms with E-state index in [9.17, 15) is 4.39 Å². The van der Waals surface area contributed by atoms with Gasteiger partial charge in [0.1, 0.15) is 5.82 Å². The molecule has 182 valence electrons. The molecule has 0 aliphatic heterocycles. The first-order valence-electron chi connectivity index (χ1n) is 11.0. The zero-order chi connectivity index (χ0) is 25.3. The lowest BCUT2D eigenvalue weighted by Crippen LogP contribution is -2.21. The molecule has 0 unspecified atom stereocenters. The van der Waals surface area contributed by atoms with Gasteiger partial charge < -0.3 is 10.6 Å². The van der Waals surface area contributed by atoms with Gasteiger partial charge in [-0.25, -0.2) is 4.39 Å². The van der Waals surface area contributed by atoms with Gasteiger partial charge in [0.05, 0.1) is 57.3 Å². The van der Waals surface area contributed by atoms with E-state index in [4.69, 9.17) is 35.4 Å². The number of hydrogen-bond donors (Lipinski definition) is 2. The molecule has 4 aromatic rings. The van der Waals surface area contributed by atoms with Crippen LogP contribution in [-0.2, 0) is 13.1 Å². The Morgan fingerprint density at radius 1 is 0.857 bits per heavy atom. The van der Waals surface area contributed by atoms with Crippen molar-refractivity contribution in [2.45, 2.75) is 40.8 Å². The van der Waals surface area contributed by atoms with Crippen molar-refractivity contribution < 1.29 is 4.39 Å². The number of rotatable bonds is 6. The summed E-state index contributed by atoms with van der Waals surface area (Å²) in [5, 5.41) is 17.2. The van der Waals surface area contributed by atoms with Crippen molar-refractivity contribution in [2.75, 3.05) is 10.6 Å². The van der Waals surface area contributed by atoms with Crippen LogP contribution < -0.4 is 10.6 Å². The molecule has 0 atom stereocenters. The minimum Gasteiger partial charge on any atom is -0.329 e. The summed E-state index contributed by atoms with van der Waals surface area (Å²) in [5.74, 6) is -0.254. The number of anilines is 2. The molecule has 0 amide bonds. The quantitative estimate of drug-likeness (QED) is 0.273. The highest BCUT2D eigenvalue weighted by molar-refractivity contribution is 7.80. The zero-order valence-corrected chi connectivity index (χ0v) is 22.1. The van der Waals surface area contributed by atoms with Crippen LogP contribution in [0.3, 0.4) is 0 Å². The van der Waals surface area contributed by atoms with Crippen LogP contribution in [0.2, 0.25) is 10.0 Å². The van der Waals surface area contributed by atoms with Crippen LogP contribution >= 0.6 is 35.4 Å². The molecule has 0 aliphatic carbocycles. The van der Waals surface area contributed by atoms with Gasteiger partial charge in [0.25, 0.3) is 0 Å². The summed E-state index contributed by atoms with van der Waals surface area (Å²) < 4.78 is 17.8. The Morgan fingerprint density at radius 3 is 2.00 bits per heavy atom. The summed E-state index contributed by atoms with van der Waals surface area (Å²) in [6, 6.07) is 12.2. The Morgan fingerprint density at radius 2 is 1.43 bits per heavy atom. The first kappa shape index (κ1) is 25.2. The third-order valence-corrected chi connectivity index (χ3v) is 6.78. The maximum atomic E-state index is 14.1. The number of thiocarbonyl (C=S) groups is 1. The maximum absolute atomic E-state index is 14.1. The lowest BCUT2D eigenvalue weighted by Gasteiger charge is -2.12. The fourth-order valence-corrected chi connectivity index (χ4v) is 4.45. The van der Waals surface area contributed by atoms with Gasteiger partial charge in [-0.3, -0.25) is 9.36 Å². The van der Waals surface area contributed by atoms with Gasteiger partial charge in [0.15, 0.2) is 5.11 Å². The van der Waals surface area contributed by atoms with Crippen molar-refractivity contribution in [1.82, 2.24) is 19.6 Å². The predicted molar refractivity (Wildman–Crippen MR) is 144 cm³/mol. The molecule has 2 aromatic carbocycles. The molecule has 4 rings (SSSR count). The van der Waals surface area contributed by atoms with E-state index in [-0.39, 0.29) is 5.82 Å². The van der Waals surface area contributed by atoms with E-state index in [1.54, 1.807) is 22.9 Å². The van der Waals surface area contributed by atoms with Gasteiger partial charge in [0.2, 0.25) is 0 Å². The molecule has 2 N–H and O–H groups in total. The average Bonchev–Trinajstić information content (AvgIpc) is 3.22. The molecule has 0 fully saturated rings. The smallest absolute Gasteiger partial charge is 0.175 e. The van der Waals surface area contributed by atoms with E-state index in [1.165, 1.54) is 6.07 Å². The lowest BCUT2D eigenvalue weighted by atomic mass is 10.2. The largest absolute Gasteiger partial charge is 0.329 e. The summed E-state index contributed by atoms with van der Waals surface area (Å²) in [7, 11) is 0. The first-order valence-corrected chi connectivity index (χ1v) is 12.1. The van der Waals surface area contributed by atoms with Crippen molar-refractivity contribution in [1.29, 1.82) is 0 Å². The van der Waals surface area contributed by atoms with Crippen LogP contribution in [0.25, 0.3) is 0 Å². The Balaban J connectivity index is 1.48. The number of nitrogens with one attached hydrogen (secondary N) is 2. The Labute approximate surface area is 219 Å². The van der Waals surface area contributed by atoms with Gasteiger partial charge >= 0.3 is 0 Å². The van der Waals surface area contributed by atoms with Gasteiger partial charge in [-0.05, 0) is 63.7 Å².